The molecule has 1 fully saturated rings. The molecule has 1 atom stereocenters. The zero-order valence-corrected chi connectivity index (χ0v) is 16.5. The zero-order chi connectivity index (χ0) is 20.2. The molecule has 29 heavy (non-hydrogen) atoms. The van der Waals surface area contributed by atoms with Crippen molar-refractivity contribution in [1.82, 2.24) is 10.2 Å². The van der Waals surface area contributed by atoms with Gasteiger partial charge in [-0.3, -0.25) is 9.59 Å². The van der Waals surface area contributed by atoms with Gasteiger partial charge in [0, 0.05) is 18.1 Å². The maximum Gasteiger partial charge on any atom is 0.247 e. The first-order valence-corrected chi connectivity index (χ1v) is 9.96. The molecule has 1 aliphatic rings. The molecule has 1 saturated heterocycles. The van der Waals surface area contributed by atoms with Gasteiger partial charge in [-0.05, 0) is 28.8 Å². The molecule has 2 amide bonds. The van der Waals surface area contributed by atoms with Crippen LogP contribution in [0.15, 0.2) is 84.9 Å². The molecule has 1 aliphatic heterocycles. The number of carbonyl (C=O) groups excluding carboxylic acids is 2. The van der Waals surface area contributed by atoms with E-state index in [-0.39, 0.29) is 11.8 Å². The van der Waals surface area contributed by atoms with Gasteiger partial charge >= 0.3 is 0 Å². The van der Waals surface area contributed by atoms with E-state index in [1.165, 1.54) is 0 Å². The van der Waals surface area contributed by atoms with Crippen LogP contribution in [0, 0.1) is 0 Å². The Kier molecular flexibility index (Phi) is 5.63. The minimum Gasteiger partial charge on any atom is -0.352 e. The molecule has 0 bridgehead atoms. The van der Waals surface area contributed by atoms with Crippen molar-refractivity contribution in [2.75, 3.05) is 13.1 Å². The Morgan fingerprint density at radius 1 is 0.931 bits per heavy atom. The lowest BCUT2D eigenvalue weighted by Gasteiger charge is -2.37. The third kappa shape index (κ3) is 4.03. The van der Waals surface area contributed by atoms with Crippen molar-refractivity contribution in [3.63, 3.8) is 0 Å². The lowest BCUT2D eigenvalue weighted by atomic mass is 9.88. The molecule has 0 radical (unpaired) electrons. The summed E-state index contributed by atoms with van der Waals surface area (Å²) in [5.41, 5.74) is 2.52. The van der Waals surface area contributed by atoms with Gasteiger partial charge < -0.3 is 10.2 Å². The normalized spacial score (nSPS) is 16.6. The highest BCUT2D eigenvalue weighted by Crippen LogP contribution is 2.32. The van der Waals surface area contributed by atoms with Gasteiger partial charge in [0.1, 0.15) is 6.04 Å². The third-order valence-electron chi connectivity index (χ3n) is 5.17. The monoisotopic (exact) mass is 404 g/mol. The Morgan fingerprint density at radius 3 is 2.14 bits per heavy atom. The summed E-state index contributed by atoms with van der Waals surface area (Å²) < 4.78 is 0. The molecule has 4 rings (SSSR count). The summed E-state index contributed by atoms with van der Waals surface area (Å²) in [5, 5.41) is 3.42. The SMILES string of the molecule is O=C1NCCN(C(=O)C(c2ccccc2)c2ccccc2)C1c1cccc(Cl)c1. The van der Waals surface area contributed by atoms with E-state index in [0.717, 1.165) is 11.1 Å². The lowest BCUT2D eigenvalue weighted by molar-refractivity contribution is -0.144. The van der Waals surface area contributed by atoms with Crippen LogP contribution in [0.5, 0.6) is 0 Å². The summed E-state index contributed by atoms with van der Waals surface area (Å²) in [6.07, 6.45) is 0. The molecule has 5 heteroatoms. The molecule has 1 N–H and O–H groups in total. The molecule has 0 aromatic heterocycles. The number of piperazine rings is 1. The molecule has 1 unspecified atom stereocenters. The largest absolute Gasteiger partial charge is 0.352 e. The van der Waals surface area contributed by atoms with Crippen molar-refractivity contribution in [3.05, 3.63) is 107 Å². The van der Waals surface area contributed by atoms with E-state index >= 15 is 0 Å². The fourth-order valence-corrected chi connectivity index (χ4v) is 4.05. The van der Waals surface area contributed by atoms with Gasteiger partial charge in [-0.1, -0.05) is 84.4 Å². The van der Waals surface area contributed by atoms with Crippen molar-refractivity contribution >= 4 is 23.4 Å². The minimum atomic E-state index is -0.704. The Hall–Kier alpha value is -3.11. The van der Waals surface area contributed by atoms with Gasteiger partial charge in [0.05, 0.1) is 5.92 Å². The average molecular weight is 405 g/mol. The lowest BCUT2D eigenvalue weighted by Crippen LogP contribution is -2.53. The van der Waals surface area contributed by atoms with Crippen molar-refractivity contribution in [2.24, 2.45) is 0 Å². The third-order valence-corrected chi connectivity index (χ3v) is 5.41. The Morgan fingerprint density at radius 2 is 1.55 bits per heavy atom. The summed E-state index contributed by atoms with van der Waals surface area (Å²) in [4.78, 5) is 28.3. The first kappa shape index (κ1) is 19.2. The second-order valence-corrected chi connectivity index (χ2v) is 7.47. The summed E-state index contributed by atoms with van der Waals surface area (Å²) >= 11 is 6.16. The molecule has 146 valence electrons. The fraction of sp³-hybridized carbons (Fsp3) is 0.167. The van der Waals surface area contributed by atoms with Gasteiger partial charge in [0.2, 0.25) is 11.8 Å². The highest BCUT2D eigenvalue weighted by molar-refractivity contribution is 6.30. The van der Waals surface area contributed by atoms with Crippen LogP contribution in [-0.4, -0.2) is 29.8 Å². The maximum absolute atomic E-state index is 13.8. The number of hydrogen-bond acceptors (Lipinski definition) is 2. The quantitative estimate of drug-likeness (QED) is 0.709. The second-order valence-electron chi connectivity index (χ2n) is 7.03. The Labute approximate surface area is 175 Å². The first-order chi connectivity index (χ1) is 14.1. The highest BCUT2D eigenvalue weighted by atomic mass is 35.5. The van der Waals surface area contributed by atoms with E-state index < -0.39 is 12.0 Å². The average Bonchev–Trinajstić information content (AvgIpc) is 2.75. The van der Waals surface area contributed by atoms with Crippen LogP contribution < -0.4 is 5.32 Å². The predicted molar refractivity (Wildman–Crippen MR) is 114 cm³/mol. The number of hydrogen-bond donors (Lipinski definition) is 1. The smallest absolute Gasteiger partial charge is 0.247 e. The topological polar surface area (TPSA) is 49.4 Å². The number of benzene rings is 3. The van der Waals surface area contributed by atoms with Gasteiger partial charge in [0.15, 0.2) is 0 Å². The zero-order valence-electron chi connectivity index (χ0n) is 15.8. The number of rotatable bonds is 4. The second kappa shape index (κ2) is 8.50. The van der Waals surface area contributed by atoms with Crippen LogP contribution in [0.1, 0.15) is 28.7 Å². The number of carbonyl (C=O) groups is 2. The van der Waals surface area contributed by atoms with Crippen molar-refractivity contribution < 1.29 is 9.59 Å². The molecule has 1 heterocycles. The van der Waals surface area contributed by atoms with Crippen LogP contribution in [0.25, 0.3) is 0 Å². The summed E-state index contributed by atoms with van der Waals surface area (Å²) in [5.74, 6) is -0.765. The van der Waals surface area contributed by atoms with Crippen LogP contribution in [0.3, 0.4) is 0 Å². The molecule has 0 spiro atoms. The van der Waals surface area contributed by atoms with E-state index in [1.54, 1.807) is 23.1 Å². The van der Waals surface area contributed by atoms with Crippen LogP contribution >= 0.6 is 11.6 Å². The highest BCUT2D eigenvalue weighted by Gasteiger charge is 2.38. The van der Waals surface area contributed by atoms with Gasteiger partial charge in [-0.25, -0.2) is 0 Å². The van der Waals surface area contributed by atoms with E-state index in [1.807, 2.05) is 66.7 Å². The molecule has 4 nitrogen and oxygen atoms in total. The van der Waals surface area contributed by atoms with Crippen LogP contribution in [-0.2, 0) is 9.59 Å². The van der Waals surface area contributed by atoms with E-state index in [2.05, 4.69) is 5.32 Å². The van der Waals surface area contributed by atoms with Gasteiger partial charge in [-0.15, -0.1) is 0 Å². The van der Waals surface area contributed by atoms with E-state index in [4.69, 9.17) is 11.6 Å². The van der Waals surface area contributed by atoms with E-state index in [9.17, 15) is 9.59 Å². The van der Waals surface area contributed by atoms with E-state index in [0.29, 0.717) is 23.7 Å². The maximum atomic E-state index is 13.8. The van der Waals surface area contributed by atoms with Crippen molar-refractivity contribution in [1.29, 1.82) is 0 Å². The first-order valence-electron chi connectivity index (χ1n) is 9.58. The molecule has 3 aromatic rings. The standard InChI is InChI=1S/C24H21ClN2O2/c25-20-13-7-12-19(16-20)22-23(28)26-14-15-27(22)24(29)21(17-8-3-1-4-9-17)18-10-5-2-6-11-18/h1-13,16,21-22H,14-15H2,(H,26,28). The van der Waals surface area contributed by atoms with Crippen LogP contribution in [0.4, 0.5) is 0 Å². The number of halogens is 1. The fourth-order valence-electron chi connectivity index (χ4n) is 3.85. The van der Waals surface area contributed by atoms with Gasteiger partial charge in [0.25, 0.3) is 0 Å². The summed E-state index contributed by atoms with van der Waals surface area (Å²) in [6, 6.07) is 25.8. The molecular weight excluding hydrogens is 384 g/mol. The summed E-state index contributed by atoms with van der Waals surface area (Å²) in [7, 11) is 0. The van der Waals surface area contributed by atoms with Crippen molar-refractivity contribution in [3.8, 4) is 0 Å². The molecular formula is C24H21ClN2O2. The van der Waals surface area contributed by atoms with Crippen molar-refractivity contribution in [2.45, 2.75) is 12.0 Å². The Balaban J connectivity index is 1.77. The molecule has 3 aromatic carbocycles. The predicted octanol–water partition coefficient (Wildman–Crippen LogP) is 4.17. The Bertz CT molecular complexity index is 968. The summed E-state index contributed by atoms with van der Waals surface area (Å²) in [6.45, 7) is 0.871. The number of nitrogens with zero attached hydrogens (tertiary/aromatic N) is 1. The minimum absolute atomic E-state index is 0.0952. The van der Waals surface area contributed by atoms with Crippen LogP contribution in [0.2, 0.25) is 5.02 Å². The van der Waals surface area contributed by atoms with Gasteiger partial charge in [-0.2, -0.15) is 0 Å². The molecule has 0 aliphatic carbocycles. The number of nitrogens with one attached hydrogen (secondary N) is 1. The molecule has 0 saturated carbocycles. The number of amides is 2.